The van der Waals surface area contributed by atoms with Gasteiger partial charge in [-0.3, -0.25) is 4.68 Å². The van der Waals surface area contributed by atoms with E-state index >= 15 is 0 Å². The van der Waals surface area contributed by atoms with Gasteiger partial charge in [0.2, 0.25) is 0 Å². The zero-order valence-electron chi connectivity index (χ0n) is 8.33. The highest BCUT2D eigenvalue weighted by atomic mass is 15.3. The second-order valence-electron chi connectivity index (χ2n) is 3.28. The van der Waals surface area contributed by atoms with Crippen molar-refractivity contribution in [2.75, 3.05) is 0 Å². The van der Waals surface area contributed by atoms with E-state index in [-0.39, 0.29) is 6.04 Å². The lowest BCUT2D eigenvalue weighted by Gasteiger charge is -2.09. The Hall–Kier alpha value is -1.09. The van der Waals surface area contributed by atoms with Crippen LogP contribution in [-0.4, -0.2) is 9.78 Å². The van der Waals surface area contributed by atoms with E-state index in [1.807, 2.05) is 30.9 Å². The largest absolute Gasteiger partial charge is 0.324 e. The van der Waals surface area contributed by atoms with Crippen LogP contribution in [0.25, 0.3) is 0 Å². The summed E-state index contributed by atoms with van der Waals surface area (Å²) in [6, 6.07) is 0.0895. The fraction of sp³-hybridized carbons (Fsp3) is 0.500. The Morgan fingerprint density at radius 3 is 2.92 bits per heavy atom. The van der Waals surface area contributed by atoms with Gasteiger partial charge in [-0.25, -0.2) is 0 Å². The Labute approximate surface area is 79.2 Å². The molecule has 2 N–H and O–H groups in total. The maximum absolute atomic E-state index is 5.99. The maximum atomic E-state index is 5.99. The normalized spacial score (nSPS) is 12.8. The van der Waals surface area contributed by atoms with Gasteiger partial charge in [-0.1, -0.05) is 6.08 Å². The van der Waals surface area contributed by atoms with Crippen LogP contribution in [0, 0.1) is 6.92 Å². The van der Waals surface area contributed by atoms with Gasteiger partial charge in [0.15, 0.2) is 0 Å². The predicted molar refractivity (Wildman–Crippen MR) is 54.3 cm³/mol. The minimum atomic E-state index is 0.0895. The summed E-state index contributed by atoms with van der Waals surface area (Å²) in [7, 11) is 1.93. The molecular weight excluding hydrogens is 162 g/mol. The van der Waals surface area contributed by atoms with Gasteiger partial charge in [-0.2, -0.15) is 5.10 Å². The highest BCUT2D eigenvalue weighted by Gasteiger charge is 2.10. The minimum Gasteiger partial charge on any atom is -0.324 e. The van der Waals surface area contributed by atoms with E-state index in [2.05, 4.69) is 11.7 Å². The van der Waals surface area contributed by atoms with Crippen LogP contribution in [-0.2, 0) is 7.05 Å². The van der Waals surface area contributed by atoms with Crippen LogP contribution in [0.1, 0.15) is 30.1 Å². The molecule has 3 heteroatoms. The molecule has 0 bridgehead atoms. The topological polar surface area (TPSA) is 43.8 Å². The summed E-state index contributed by atoms with van der Waals surface area (Å²) in [5, 5.41) is 4.16. The maximum Gasteiger partial charge on any atom is 0.0540 e. The molecule has 1 unspecified atom stereocenters. The molecule has 0 fully saturated rings. The summed E-state index contributed by atoms with van der Waals surface area (Å²) in [4.78, 5) is 0. The molecule has 0 aromatic carbocycles. The number of hydrogen-bond acceptors (Lipinski definition) is 2. The lowest BCUT2D eigenvalue weighted by molar-refractivity contribution is 0.652. The number of nitrogens with two attached hydrogens (primary N) is 1. The molecule has 0 amide bonds. The van der Waals surface area contributed by atoms with Crippen molar-refractivity contribution >= 4 is 0 Å². The third-order valence-corrected chi connectivity index (χ3v) is 2.35. The summed E-state index contributed by atoms with van der Waals surface area (Å²) < 4.78 is 1.85. The average molecular weight is 179 g/mol. The van der Waals surface area contributed by atoms with Crippen molar-refractivity contribution in [2.24, 2.45) is 12.8 Å². The van der Waals surface area contributed by atoms with Crippen LogP contribution in [0.15, 0.2) is 18.9 Å². The quantitative estimate of drug-likeness (QED) is 0.715. The molecular formula is C10H17N3. The third-order valence-electron chi connectivity index (χ3n) is 2.35. The predicted octanol–water partition coefficient (Wildman–Crippen LogP) is 1.69. The molecule has 0 aliphatic carbocycles. The van der Waals surface area contributed by atoms with E-state index in [4.69, 9.17) is 5.73 Å². The zero-order valence-corrected chi connectivity index (χ0v) is 8.33. The molecule has 72 valence electrons. The first-order valence-electron chi connectivity index (χ1n) is 4.51. The van der Waals surface area contributed by atoms with E-state index < -0.39 is 0 Å². The fourth-order valence-corrected chi connectivity index (χ4v) is 1.33. The van der Waals surface area contributed by atoms with E-state index in [1.165, 1.54) is 0 Å². The standard InChI is InChI=1S/C10H17N3/c1-4-5-6-10(11)9-7-12-13(3)8(9)2/h4,7,10H,1,5-6,11H2,2-3H3. The average Bonchev–Trinajstić information content (AvgIpc) is 2.44. The molecule has 1 aromatic heterocycles. The Bertz CT molecular complexity index is 288. The Kier molecular flexibility index (Phi) is 3.25. The summed E-state index contributed by atoms with van der Waals surface area (Å²) in [6.07, 6.45) is 5.64. The van der Waals surface area contributed by atoms with Gasteiger partial charge in [0.1, 0.15) is 0 Å². The SMILES string of the molecule is C=CCCC(N)c1cnn(C)c1C. The highest BCUT2D eigenvalue weighted by molar-refractivity contribution is 5.19. The van der Waals surface area contributed by atoms with Crippen LogP contribution in [0.4, 0.5) is 0 Å². The molecule has 0 radical (unpaired) electrons. The van der Waals surface area contributed by atoms with Crippen molar-refractivity contribution in [2.45, 2.75) is 25.8 Å². The lowest BCUT2D eigenvalue weighted by Crippen LogP contribution is -2.10. The van der Waals surface area contributed by atoms with Gasteiger partial charge in [0.05, 0.1) is 6.20 Å². The molecule has 0 aliphatic rings. The molecule has 0 spiro atoms. The second kappa shape index (κ2) is 4.23. The zero-order chi connectivity index (χ0) is 9.84. The van der Waals surface area contributed by atoms with Gasteiger partial charge in [0, 0.05) is 24.3 Å². The molecule has 0 saturated heterocycles. The number of aromatic nitrogens is 2. The van der Waals surface area contributed by atoms with E-state index in [0.717, 1.165) is 24.1 Å². The van der Waals surface area contributed by atoms with Gasteiger partial charge in [-0.15, -0.1) is 6.58 Å². The molecule has 1 atom stereocenters. The second-order valence-corrected chi connectivity index (χ2v) is 3.28. The van der Waals surface area contributed by atoms with Crippen molar-refractivity contribution in [1.29, 1.82) is 0 Å². The molecule has 1 aromatic rings. The summed E-state index contributed by atoms with van der Waals surface area (Å²) in [5.41, 5.74) is 8.29. The van der Waals surface area contributed by atoms with Crippen LogP contribution >= 0.6 is 0 Å². The molecule has 13 heavy (non-hydrogen) atoms. The van der Waals surface area contributed by atoms with Crippen LogP contribution < -0.4 is 5.73 Å². The Balaban J connectivity index is 2.70. The summed E-state index contributed by atoms with van der Waals surface area (Å²) in [6.45, 7) is 5.72. The van der Waals surface area contributed by atoms with E-state index in [0.29, 0.717) is 0 Å². The van der Waals surface area contributed by atoms with Gasteiger partial charge in [0.25, 0.3) is 0 Å². The summed E-state index contributed by atoms with van der Waals surface area (Å²) in [5.74, 6) is 0. The molecule has 0 aliphatic heterocycles. The van der Waals surface area contributed by atoms with Crippen molar-refractivity contribution < 1.29 is 0 Å². The molecule has 3 nitrogen and oxygen atoms in total. The van der Waals surface area contributed by atoms with Crippen LogP contribution in [0.2, 0.25) is 0 Å². The first kappa shape index (κ1) is 9.99. The van der Waals surface area contributed by atoms with Crippen molar-refractivity contribution in [3.8, 4) is 0 Å². The number of nitrogens with zero attached hydrogens (tertiary/aromatic N) is 2. The van der Waals surface area contributed by atoms with Gasteiger partial charge >= 0.3 is 0 Å². The number of hydrogen-bond donors (Lipinski definition) is 1. The molecule has 0 saturated carbocycles. The Morgan fingerprint density at radius 1 is 1.77 bits per heavy atom. The van der Waals surface area contributed by atoms with Crippen molar-refractivity contribution in [3.63, 3.8) is 0 Å². The van der Waals surface area contributed by atoms with Gasteiger partial charge in [-0.05, 0) is 19.8 Å². The minimum absolute atomic E-state index is 0.0895. The fourth-order valence-electron chi connectivity index (χ4n) is 1.33. The van der Waals surface area contributed by atoms with Crippen molar-refractivity contribution in [3.05, 3.63) is 30.1 Å². The smallest absolute Gasteiger partial charge is 0.0540 e. The van der Waals surface area contributed by atoms with E-state index in [9.17, 15) is 0 Å². The van der Waals surface area contributed by atoms with Crippen LogP contribution in [0.3, 0.4) is 0 Å². The lowest BCUT2D eigenvalue weighted by atomic mass is 10.0. The monoisotopic (exact) mass is 179 g/mol. The molecule has 1 rings (SSSR count). The molecule has 1 heterocycles. The number of aryl methyl sites for hydroxylation is 1. The van der Waals surface area contributed by atoms with Crippen LogP contribution in [0.5, 0.6) is 0 Å². The number of allylic oxidation sites excluding steroid dienone is 1. The van der Waals surface area contributed by atoms with E-state index in [1.54, 1.807) is 0 Å². The Morgan fingerprint density at radius 2 is 2.46 bits per heavy atom. The summed E-state index contributed by atoms with van der Waals surface area (Å²) >= 11 is 0. The first-order chi connectivity index (χ1) is 6.16. The van der Waals surface area contributed by atoms with Crippen molar-refractivity contribution in [1.82, 2.24) is 9.78 Å². The van der Waals surface area contributed by atoms with Gasteiger partial charge < -0.3 is 5.73 Å². The highest BCUT2D eigenvalue weighted by Crippen LogP contribution is 2.18. The third kappa shape index (κ3) is 2.18. The number of rotatable bonds is 4. The first-order valence-corrected chi connectivity index (χ1v) is 4.51.